The van der Waals surface area contributed by atoms with Crippen LogP contribution in [0.15, 0.2) is 53.4 Å². The second-order valence-corrected chi connectivity index (χ2v) is 11.7. The molecular formula is C31H32ClFN4O4. The standard InChI is InChI=1S/C31H32ClFN4O4/c1-19-29(27-15-34-18-39-27)35-28(37(19)16-22-10-13-38-22)17-36-11-8-20(9-12-36)23-4-3-5-26-30(23)41-31(2,40-26)24-7-6-21(32)14-25(24)33/h3-7,14-15,18,20,22H,8-13,16-17H2,1-2H3/t22-,31-/m0/s1. The van der Waals surface area contributed by atoms with E-state index in [1.165, 1.54) is 12.5 Å². The number of hydrogen-bond donors (Lipinski definition) is 0. The van der Waals surface area contributed by atoms with Crippen LogP contribution < -0.4 is 9.47 Å². The first-order valence-corrected chi connectivity index (χ1v) is 14.5. The van der Waals surface area contributed by atoms with Gasteiger partial charge in [-0.25, -0.2) is 14.4 Å². The lowest BCUT2D eigenvalue weighted by Gasteiger charge is -2.33. The van der Waals surface area contributed by atoms with Crippen LogP contribution in [0.1, 0.15) is 54.7 Å². The quantitative estimate of drug-likeness (QED) is 0.249. The van der Waals surface area contributed by atoms with Crippen molar-refractivity contribution in [1.82, 2.24) is 19.4 Å². The molecule has 5 heterocycles. The summed E-state index contributed by atoms with van der Waals surface area (Å²) < 4.78 is 41.0. The summed E-state index contributed by atoms with van der Waals surface area (Å²) in [5, 5.41) is 0.334. The number of aromatic nitrogens is 3. The smallest absolute Gasteiger partial charge is 0.278 e. The topological polar surface area (TPSA) is 74.8 Å². The Labute approximate surface area is 243 Å². The van der Waals surface area contributed by atoms with Gasteiger partial charge in [-0.3, -0.25) is 4.90 Å². The summed E-state index contributed by atoms with van der Waals surface area (Å²) in [5.74, 6) is 1.63. The Hall–Kier alpha value is -3.40. The molecule has 3 aliphatic heterocycles. The van der Waals surface area contributed by atoms with Gasteiger partial charge in [-0.2, -0.15) is 0 Å². The molecule has 2 saturated heterocycles. The Balaban J connectivity index is 1.07. The fourth-order valence-electron chi connectivity index (χ4n) is 6.19. The number of benzene rings is 2. The zero-order valence-corrected chi connectivity index (χ0v) is 23.9. The van der Waals surface area contributed by atoms with Crippen LogP contribution in [-0.2, 0) is 23.6 Å². The first-order valence-electron chi connectivity index (χ1n) is 14.1. The first-order chi connectivity index (χ1) is 19.9. The van der Waals surface area contributed by atoms with Crippen LogP contribution >= 0.6 is 11.6 Å². The predicted molar refractivity (Wildman–Crippen MR) is 151 cm³/mol. The number of fused-ring (bicyclic) bond motifs is 1. The highest BCUT2D eigenvalue weighted by Crippen LogP contribution is 2.50. The fourth-order valence-corrected chi connectivity index (χ4v) is 6.35. The van der Waals surface area contributed by atoms with Crippen molar-refractivity contribution in [2.24, 2.45) is 0 Å². The number of halogens is 2. The molecule has 4 aromatic rings. The number of ether oxygens (including phenoxy) is 3. The van der Waals surface area contributed by atoms with E-state index in [-0.39, 0.29) is 6.10 Å². The third kappa shape index (κ3) is 4.90. The van der Waals surface area contributed by atoms with Crippen LogP contribution in [0.5, 0.6) is 11.5 Å². The molecule has 0 N–H and O–H groups in total. The highest BCUT2D eigenvalue weighted by molar-refractivity contribution is 6.30. The van der Waals surface area contributed by atoms with Crippen LogP contribution in [-0.4, -0.2) is 45.2 Å². The van der Waals surface area contributed by atoms with Crippen LogP contribution in [0.3, 0.4) is 0 Å². The predicted octanol–water partition coefficient (Wildman–Crippen LogP) is 6.45. The van der Waals surface area contributed by atoms with Crippen LogP contribution in [0.4, 0.5) is 4.39 Å². The second kappa shape index (κ2) is 10.5. The molecule has 0 unspecified atom stereocenters. The van der Waals surface area contributed by atoms with Crippen molar-refractivity contribution >= 4 is 11.6 Å². The summed E-state index contributed by atoms with van der Waals surface area (Å²) in [6.07, 6.45) is 6.38. The van der Waals surface area contributed by atoms with Crippen LogP contribution in [0, 0.1) is 12.7 Å². The average molecular weight is 579 g/mol. The van der Waals surface area contributed by atoms with Crippen molar-refractivity contribution in [3.63, 3.8) is 0 Å². The fraction of sp³-hybridized carbons (Fsp3) is 0.419. The summed E-state index contributed by atoms with van der Waals surface area (Å²) >= 11 is 5.98. The summed E-state index contributed by atoms with van der Waals surface area (Å²) in [5.41, 5.74) is 3.33. The molecule has 2 atom stereocenters. The molecule has 8 nitrogen and oxygen atoms in total. The normalized spacial score (nSPS) is 22.7. The molecule has 3 aliphatic rings. The van der Waals surface area contributed by atoms with Crippen LogP contribution in [0.25, 0.3) is 11.5 Å². The van der Waals surface area contributed by atoms with E-state index in [1.807, 2.05) is 12.1 Å². The average Bonchev–Trinajstić information content (AvgIpc) is 3.65. The van der Waals surface area contributed by atoms with Gasteiger partial charge in [0.15, 0.2) is 23.7 Å². The molecule has 214 valence electrons. The number of piperidine rings is 1. The molecular weight excluding hydrogens is 547 g/mol. The number of nitrogens with zero attached hydrogens (tertiary/aromatic N) is 4. The first kappa shape index (κ1) is 26.5. The molecule has 2 aromatic heterocycles. The van der Waals surface area contributed by atoms with Gasteiger partial charge in [-0.05, 0) is 69.5 Å². The summed E-state index contributed by atoms with van der Waals surface area (Å²) in [4.78, 5) is 11.5. The van der Waals surface area contributed by atoms with Crippen molar-refractivity contribution in [2.75, 3.05) is 19.7 Å². The Bertz CT molecular complexity index is 1560. The van der Waals surface area contributed by atoms with Gasteiger partial charge in [0.25, 0.3) is 5.79 Å². The lowest BCUT2D eigenvalue weighted by atomic mass is 9.88. The summed E-state index contributed by atoms with van der Waals surface area (Å²) in [7, 11) is 0. The minimum Gasteiger partial charge on any atom is -0.444 e. The maximum absolute atomic E-state index is 14.8. The lowest BCUT2D eigenvalue weighted by Crippen LogP contribution is -2.35. The van der Waals surface area contributed by atoms with Gasteiger partial charge in [0.2, 0.25) is 0 Å². The molecule has 41 heavy (non-hydrogen) atoms. The Kier molecular flexibility index (Phi) is 6.76. The highest BCUT2D eigenvalue weighted by atomic mass is 35.5. The van der Waals surface area contributed by atoms with E-state index < -0.39 is 11.6 Å². The molecule has 0 bridgehead atoms. The zero-order chi connectivity index (χ0) is 28.1. The monoisotopic (exact) mass is 578 g/mol. The number of imidazole rings is 1. The van der Waals surface area contributed by atoms with Crippen molar-refractivity contribution in [2.45, 2.75) is 64.0 Å². The summed E-state index contributed by atoms with van der Waals surface area (Å²) in [6, 6.07) is 10.5. The van der Waals surface area contributed by atoms with E-state index >= 15 is 0 Å². The minimum atomic E-state index is -1.26. The van der Waals surface area contributed by atoms with Gasteiger partial charge in [0.1, 0.15) is 17.3 Å². The van der Waals surface area contributed by atoms with Gasteiger partial charge < -0.3 is 23.2 Å². The maximum Gasteiger partial charge on any atom is 0.278 e. The van der Waals surface area contributed by atoms with Gasteiger partial charge in [0.05, 0.1) is 31.0 Å². The van der Waals surface area contributed by atoms with Crippen molar-refractivity contribution in [3.05, 3.63) is 82.5 Å². The van der Waals surface area contributed by atoms with Crippen molar-refractivity contribution < 1.29 is 23.0 Å². The number of para-hydroxylation sites is 1. The van der Waals surface area contributed by atoms with Crippen molar-refractivity contribution in [3.8, 4) is 23.0 Å². The Morgan fingerprint density at radius 2 is 1.95 bits per heavy atom. The molecule has 2 aromatic carbocycles. The third-order valence-corrected chi connectivity index (χ3v) is 8.80. The van der Waals surface area contributed by atoms with Crippen LogP contribution in [0.2, 0.25) is 5.02 Å². The molecule has 0 aliphatic carbocycles. The van der Waals surface area contributed by atoms with E-state index in [0.717, 1.165) is 74.8 Å². The molecule has 0 amide bonds. The van der Waals surface area contributed by atoms with Gasteiger partial charge in [0, 0.05) is 29.8 Å². The number of rotatable bonds is 7. The lowest BCUT2D eigenvalue weighted by molar-refractivity contribution is -0.0712. The maximum atomic E-state index is 14.8. The van der Waals surface area contributed by atoms with E-state index in [0.29, 0.717) is 33.8 Å². The molecule has 7 rings (SSSR count). The van der Waals surface area contributed by atoms with E-state index in [9.17, 15) is 4.39 Å². The van der Waals surface area contributed by atoms with Gasteiger partial charge >= 0.3 is 0 Å². The molecule has 0 radical (unpaired) electrons. The molecule has 0 spiro atoms. The summed E-state index contributed by atoms with van der Waals surface area (Å²) in [6.45, 7) is 8.03. The third-order valence-electron chi connectivity index (χ3n) is 8.57. The number of hydrogen-bond acceptors (Lipinski definition) is 7. The highest BCUT2D eigenvalue weighted by Gasteiger charge is 2.43. The molecule has 0 saturated carbocycles. The number of likely N-dealkylation sites (tertiary alicyclic amines) is 1. The molecule has 10 heteroatoms. The van der Waals surface area contributed by atoms with Gasteiger partial charge in [-0.15, -0.1) is 0 Å². The SMILES string of the molecule is Cc1c(-c2cnco2)nc(CN2CCC(c3cccc4c3O[C@@](C)(c3ccc(Cl)cc3F)O4)CC2)n1C[C@@H]1CCO1. The molecule has 2 fully saturated rings. The Morgan fingerprint density at radius 3 is 2.66 bits per heavy atom. The minimum absolute atomic E-state index is 0.226. The second-order valence-electron chi connectivity index (χ2n) is 11.2. The van der Waals surface area contributed by atoms with E-state index in [2.05, 4.69) is 27.4 Å². The van der Waals surface area contributed by atoms with Gasteiger partial charge in [-0.1, -0.05) is 23.7 Å². The largest absolute Gasteiger partial charge is 0.444 e. The van der Waals surface area contributed by atoms with Crippen molar-refractivity contribution in [1.29, 1.82) is 0 Å². The zero-order valence-electron chi connectivity index (χ0n) is 23.1. The Morgan fingerprint density at radius 1 is 1.12 bits per heavy atom. The van der Waals surface area contributed by atoms with E-state index in [4.69, 9.17) is 35.2 Å². The number of oxazole rings is 1. The van der Waals surface area contributed by atoms with E-state index in [1.54, 1.807) is 25.3 Å².